The number of aryl methyl sites for hydroxylation is 1. The third-order valence-corrected chi connectivity index (χ3v) is 4.29. The number of hydrogen-bond donors (Lipinski definition) is 0. The van der Waals surface area contributed by atoms with Crippen LogP contribution >= 0.6 is 22.9 Å². The molecule has 0 spiro atoms. The normalized spacial score (nSPS) is 11.8. The molecule has 0 fully saturated rings. The first-order chi connectivity index (χ1) is 9.00. The third kappa shape index (κ3) is 3.77. The summed E-state index contributed by atoms with van der Waals surface area (Å²) >= 11 is 7.35. The van der Waals surface area contributed by atoms with Crippen LogP contribution in [0.1, 0.15) is 37.8 Å². The van der Waals surface area contributed by atoms with E-state index in [9.17, 15) is 0 Å². The largest absolute Gasteiger partial charge is 0.147 e. The zero-order chi connectivity index (χ0) is 13.9. The average molecular weight is 295 g/mol. The smallest absolute Gasteiger partial charge is 0.143 e. The maximum atomic E-state index is 5.69. The summed E-state index contributed by atoms with van der Waals surface area (Å²) in [6.07, 6.45) is 1.88. The van der Waals surface area contributed by atoms with E-state index in [0.717, 1.165) is 28.4 Å². The number of hydrogen-bond acceptors (Lipinski definition) is 3. The van der Waals surface area contributed by atoms with Crippen molar-refractivity contribution < 1.29 is 0 Å². The zero-order valence-electron chi connectivity index (χ0n) is 11.6. The third-order valence-electron chi connectivity index (χ3n) is 2.99. The number of aromatic nitrogens is 2. The minimum absolute atomic E-state index is 0.186. The van der Waals surface area contributed by atoms with Crippen LogP contribution in [0.5, 0.6) is 0 Å². The van der Waals surface area contributed by atoms with Crippen LogP contribution in [-0.2, 0) is 11.8 Å². The number of alkyl halides is 1. The highest BCUT2D eigenvalue weighted by molar-refractivity contribution is 7.14. The molecule has 0 aliphatic rings. The average Bonchev–Trinajstić information content (AvgIpc) is 2.84. The minimum atomic E-state index is 0.186. The van der Waals surface area contributed by atoms with E-state index in [1.165, 1.54) is 5.56 Å². The molecule has 1 aromatic carbocycles. The molecule has 0 radical (unpaired) electrons. The molecule has 0 bridgehead atoms. The summed E-state index contributed by atoms with van der Waals surface area (Å²) in [5.41, 5.74) is 2.66. The van der Waals surface area contributed by atoms with E-state index in [1.807, 2.05) is 0 Å². The Hall–Kier alpha value is -0.930. The van der Waals surface area contributed by atoms with Crippen molar-refractivity contribution in [3.8, 4) is 10.6 Å². The molecule has 2 nitrogen and oxygen atoms in total. The van der Waals surface area contributed by atoms with E-state index >= 15 is 0 Å². The van der Waals surface area contributed by atoms with Gasteiger partial charge in [-0.25, -0.2) is 0 Å². The monoisotopic (exact) mass is 294 g/mol. The highest BCUT2D eigenvalue weighted by Gasteiger charge is 2.14. The van der Waals surface area contributed by atoms with E-state index < -0.39 is 0 Å². The molecular formula is C15H19ClN2S. The van der Waals surface area contributed by atoms with Gasteiger partial charge in [-0.3, -0.25) is 0 Å². The maximum Gasteiger partial charge on any atom is 0.147 e. The molecule has 0 atom stereocenters. The Balaban J connectivity index is 2.16. The zero-order valence-corrected chi connectivity index (χ0v) is 13.2. The lowest BCUT2D eigenvalue weighted by Gasteiger charge is -2.18. The lowest BCUT2D eigenvalue weighted by Crippen LogP contribution is -2.10. The molecule has 102 valence electrons. The first kappa shape index (κ1) is 14.5. The molecule has 2 aromatic rings. The van der Waals surface area contributed by atoms with Crippen molar-refractivity contribution in [2.45, 2.75) is 39.0 Å². The molecule has 0 saturated heterocycles. The predicted molar refractivity (Wildman–Crippen MR) is 83.1 cm³/mol. The van der Waals surface area contributed by atoms with E-state index in [4.69, 9.17) is 11.6 Å². The summed E-state index contributed by atoms with van der Waals surface area (Å²) in [5.74, 6) is 0.676. The number of benzene rings is 1. The van der Waals surface area contributed by atoms with Gasteiger partial charge in [-0.2, -0.15) is 0 Å². The van der Waals surface area contributed by atoms with Gasteiger partial charge in [-0.15, -0.1) is 21.8 Å². The molecular weight excluding hydrogens is 276 g/mol. The molecule has 0 amide bonds. The van der Waals surface area contributed by atoms with Gasteiger partial charge in [0.1, 0.15) is 10.0 Å². The van der Waals surface area contributed by atoms with Gasteiger partial charge in [0.05, 0.1) is 0 Å². The quantitative estimate of drug-likeness (QED) is 0.766. The summed E-state index contributed by atoms with van der Waals surface area (Å²) in [5, 5.41) is 10.5. The van der Waals surface area contributed by atoms with Crippen molar-refractivity contribution >= 4 is 22.9 Å². The first-order valence-corrected chi connectivity index (χ1v) is 7.85. The summed E-state index contributed by atoms with van der Waals surface area (Å²) in [4.78, 5) is 0. The molecule has 0 saturated carbocycles. The first-order valence-electron chi connectivity index (χ1n) is 6.50. The Morgan fingerprint density at radius 2 is 1.79 bits per heavy atom. The Morgan fingerprint density at radius 1 is 1.11 bits per heavy atom. The van der Waals surface area contributed by atoms with E-state index in [2.05, 4.69) is 55.2 Å². The SMILES string of the molecule is CC(C)(C)c1ccc(-c2nnc(CCCCl)s2)cc1. The van der Waals surface area contributed by atoms with Crippen molar-refractivity contribution in [1.29, 1.82) is 0 Å². The van der Waals surface area contributed by atoms with Gasteiger partial charge in [-0.05, 0) is 17.4 Å². The van der Waals surface area contributed by atoms with Gasteiger partial charge in [0.2, 0.25) is 0 Å². The van der Waals surface area contributed by atoms with Gasteiger partial charge in [0, 0.05) is 17.9 Å². The van der Waals surface area contributed by atoms with Crippen LogP contribution in [0.3, 0.4) is 0 Å². The van der Waals surface area contributed by atoms with Crippen molar-refractivity contribution in [3.05, 3.63) is 34.8 Å². The minimum Gasteiger partial charge on any atom is -0.143 e. The summed E-state index contributed by atoms with van der Waals surface area (Å²) in [6, 6.07) is 8.61. The lowest BCUT2D eigenvalue weighted by molar-refractivity contribution is 0.590. The fraction of sp³-hybridized carbons (Fsp3) is 0.467. The second kappa shape index (κ2) is 6.02. The van der Waals surface area contributed by atoms with Gasteiger partial charge in [0.25, 0.3) is 0 Å². The molecule has 1 aromatic heterocycles. The van der Waals surface area contributed by atoms with Crippen LogP contribution < -0.4 is 0 Å². The molecule has 19 heavy (non-hydrogen) atoms. The standard InChI is InChI=1S/C15H19ClN2S/c1-15(2,3)12-8-6-11(7-9-12)14-18-17-13(19-14)5-4-10-16/h6-9H,4-5,10H2,1-3H3. The Labute approximate surface area is 123 Å². The van der Waals surface area contributed by atoms with Crippen LogP contribution in [0.25, 0.3) is 10.6 Å². The number of halogens is 1. The lowest BCUT2D eigenvalue weighted by atomic mass is 9.87. The molecule has 4 heteroatoms. The fourth-order valence-corrected chi connectivity index (χ4v) is 2.82. The van der Waals surface area contributed by atoms with E-state index in [1.54, 1.807) is 11.3 Å². The Morgan fingerprint density at radius 3 is 2.37 bits per heavy atom. The molecule has 0 aliphatic carbocycles. The maximum absolute atomic E-state index is 5.69. The summed E-state index contributed by atoms with van der Waals surface area (Å²) < 4.78 is 0. The number of nitrogens with zero attached hydrogens (tertiary/aromatic N) is 2. The molecule has 0 unspecified atom stereocenters. The molecule has 1 heterocycles. The van der Waals surface area contributed by atoms with Crippen LogP contribution in [0.15, 0.2) is 24.3 Å². The van der Waals surface area contributed by atoms with E-state index in [0.29, 0.717) is 5.88 Å². The van der Waals surface area contributed by atoms with Gasteiger partial charge >= 0.3 is 0 Å². The van der Waals surface area contributed by atoms with Crippen LogP contribution in [0.2, 0.25) is 0 Å². The van der Waals surface area contributed by atoms with E-state index in [-0.39, 0.29) is 5.41 Å². The summed E-state index contributed by atoms with van der Waals surface area (Å²) in [6.45, 7) is 6.66. The molecule has 0 aliphatic heterocycles. The fourth-order valence-electron chi connectivity index (χ4n) is 1.80. The Bertz CT molecular complexity index is 526. The highest BCUT2D eigenvalue weighted by Crippen LogP contribution is 2.28. The van der Waals surface area contributed by atoms with Gasteiger partial charge in [0.15, 0.2) is 0 Å². The predicted octanol–water partition coefficient (Wildman–Crippen LogP) is 4.67. The van der Waals surface area contributed by atoms with Crippen molar-refractivity contribution in [3.63, 3.8) is 0 Å². The second-order valence-electron chi connectivity index (χ2n) is 5.62. The topological polar surface area (TPSA) is 25.8 Å². The van der Waals surface area contributed by atoms with Crippen molar-refractivity contribution in [2.75, 3.05) is 5.88 Å². The van der Waals surface area contributed by atoms with Gasteiger partial charge < -0.3 is 0 Å². The van der Waals surface area contributed by atoms with Crippen LogP contribution in [0.4, 0.5) is 0 Å². The second-order valence-corrected chi connectivity index (χ2v) is 7.06. The molecule has 2 rings (SSSR count). The van der Waals surface area contributed by atoms with Crippen LogP contribution in [-0.4, -0.2) is 16.1 Å². The van der Waals surface area contributed by atoms with Crippen LogP contribution in [0, 0.1) is 0 Å². The molecule has 0 N–H and O–H groups in total. The van der Waals surface area contributed by atoms with Crippen molar-refractivity contribution in [2.24, 2.45) is 0 Å². The highest BCUT2D eigenvalue weighted by atomic mass is 35.5. The van der Waals surface area contributed by atoms with Crippen molar-refractivity contribution in [1.82, 2.24) is 10.2 Å². The summed E-state index contributed by atoms with van der Waals surface area (Å²) in [7, 11) is 0. The van der Waals surface area contributed by atoms with Gasteiger partial charge in [-0.1, -0.05) is 56.4 Å². The number of rotatable bonds is 4. The Kier molecular flexibility index (Phi) is 4.58.